The van der Waals surface area contributed by atoms with Gasteiger partial charge in [0.2, 0.25) is 0 Å². The molecule has 0 saturated carbocycles. The topological polar surface area (TPSA) is 58.1 Å². The predicted molar refractivity (Wildman–Crippen MR) is 62.5 cm³/mol. The molecule has 1 fully saturated rings. The van der Waals surface area contributed by atoms with Gasteiger partial charge in [0.25, 0.3) is 5.91 Å². The summed E-state index contributed by atoms with van der Waals surface area (Å²) in [5.74, 6) is 0.00458. The zero-order chi connectivity index (χ0) is 11.4. The van der Waals surface area contributed by atoms with Crippen molar-refractivity contribution in [1.29, 1.82) is 0 Å². The Labute approximate surface area is 99.0 Å². The summed E-state index contributed by atoms with van der Waals surface area (Å²) in [6, 6.07) is 0.299. The molecule has 5 nitrogen and oxygen atoms in total. The first-order valence-electron chi connectivity index (χ1n) is 5.61. The second kappa shape index (κ2) is 5.36. The van der Waals surface area contributed by atoms with Crippen LogP contribution in [0.4, 0.5) is 0 Å². The third-order valence-corrected chi connectivity index (χ3v) is 3.40. The van der Waals surface area contributed by atoms with Crippen LogP contribution in [0.15, 0.2) is 5.38 Å². The third-order valence-electron chi connectivity index (χ3n) is 2.89. The number of hydrogen-bond acceptors (Lipinski definition) is 5. The summed E-state index contributed by atoms with van der Waals surface area (Å²) in [5, 5.41) is 8.87. The largest absolute Gasteiger partial charge is 0.333 e. The van der Waals surface area contributed by atoms with Gasteiger partial charge in [-0.25, -0.2) is 0 Å². The van der Waals surface area contributed by atoms with E-state index in [9.17, 15) is 4.79 Å². The minimum absolute atomic E-state index is 0.00458. The molecule has 1 unspecified atom stereocenters. The second-order valence-corrected chi connectivity index (χ2v) is 4.49. The number of likely N-dealkylation sites (N-methyl/N-ethyl adjacent to an activating group) is 1. The fourth-order valence-electron chi connectivity index (χ4n) is 2.07. The maximum atomic E-state index is 12.1. The number of nitrogens with zero attached hydrogens (tertiary/aromatic N) is 3. The summed E-state index contributed by atoms with van der Waals surface area (Å²) in [6.45, 7) is 4.67. The Kier molecular flexibility index (Phi) is 3.84. The van der Waals surface area contributed by atoms with Crippen molar-refractivity contribution in [1.82, 2.24) is 19.8 Å². The maximum absolute atomic E-state index is 12.1. The van der Waals surface area contributed by atoms with Crippen molar-refractivity contribution in [3.8, 4) is 0 Å². The summed E-state index contributed by atoms with van der Waals surface area (Å²) in [4.78, 5) is 14.0. The van der Waals surface area contributed by atoms with Crippen molar-refractivity contribution in [2.45, 2.75) is 25.8 Å². The van der Waals surface area contributed by atoms with E-state index in [0.29, 0.717) is 11.7 Å². The van der Waals surface area contributed by atoms with Gasteiger partial charge in [-0.1, -0.05) is 4.49 Å². The molecular formula is C10H16N4OS. The minimum Gasteiger partial charge on any atom is -0.333 e. The maximum Gasteiger partial charge on any atom is 0.275 e. The third kappa shape index (κ3) is 2.38. The normalized spacial score (nSPS) is 20.7. The number of rotatable bonds is 3. The van der Waals surface area contributed by atoms with Crippen LogP contribution in [0.5, 0.6) is 0 Å². The summed E-state index contributed by atoms with van der Waals surface area (Å²) in [6.07, 6.45) is 2.20. The van der Waals surface area contributed by atoms with E-state index in [2.05, 4.69) is 14.9 Å². The van der Waals surface area contributed by atoms with Crippen molar-refractivity contribution in [3.05, 3.63) is 11.1 Å². The Morgan fingerprint density at radius 3 is 3.19 bits per heavy atom. The second-order valence-electron chi connectivity index (χ2n) is 3.88. The highest BCUT2D eigenvalue weighted by Gasteiger charge is 2.25. The van der Waals surface area contributed by atoms with E-state index in [-0.39, 0.29) is 5.91 Å². The smallest absolute Gasteiger partial charge is 0.275 e. The van der Waals surface area contributed by atoms with Crippen molar-refractivity contribution in [2.24, 2.45) is 0 Å². The first-order chi connectivity index (χ1) is 7.83. The van der Waals surface area contributed by atoms with Gasteiger partial charge in [0.15, 0.2) is 5.69 Å². The molecule has 16 heavy (non-hydrogen) atoms. The number of aromatic nitrogens is 2. The molecule has 1 amide bonds. The molecule has 1 aliphatic heterocycles. The van der Waals surface area contributed by atoms with Gasteiger partial charge in [0, 0.05) is 24.5 Å². The molecule has 88 valence electrons. The number of hydrogen-bond donors (Lipinski definition) is 1. The number of carbonyl (C=O) groups is 1. The van der Waals surface area contributed by atoms with Crippen molar-refractivity contribution in [3.63, 3.8) is 0 Å². The van der Waals surface area contributed by atoms with Crippen LogP contribution in [0.3, 0.4) is 0 Å². The molecule has 1 N–H and O–H groups in total. The van der Waals surface area contributed by atoms with Crippen LogP contribution in [0, 0.1) is 0 Å². The van der Waals surface area contributed by atoms with Crippen LogP contribution >= 0.6 is 11.5 Å². The van der Waals surface area contributed by atoms with Crippen LogP contribution in [0.25, 0.3) is 0 Å². The fourth-order valence-corrected chi connectivity index (χ4v) is 2.50. The predicted octanol–water partition coefficient (Wildman–Crippen LogP) is 0.752. The molecule has 1 atom stereocenters. The van der Waals surface area contributed by atoms with E-state index >= 15 is 0 Å². The first kappa shape index (κ1) is 11.5. The Hall–Kier alpha value is -1.01. The van der Waals surface area contributed by atoms with Gasteiger partial charge in [-0.15, -0.1) is 5.10 Å². The zero-order valence-corrected chi connectivity index (χ0v) is 10.2. The standard InChI is InChI=1S/C10H16N4OS/c1-2-14(8-4-3-5-11-6-8)10(15)9-7-16-13-12-9/h7-8,11H,2-6H2,1H3. The molecule has 1 aliphatic rings. The van der Waals surface area contributed by atoms with E-state index in [4.69, 9.17) is 0 Å². The van der Waals surface area contributed by atoms with Gasteiger partial charge < -0.3 is 10.2 Å². The molecule has 2 rings (SSSR count). The lowest BCUT2D eigenvalue weighted by Gasteiger charge is -2.33. The van der Waals surface area contributed by atoms with Gasteiger partial charge >= 0.3 is 0 Å². The highest BCUT2D eigenvalue weighted by molar-refractivity contribution is 7.03. The summed E-state index contributed by atoms with van der Waals surface area (Å²) >= 11 is 1.22. The molecule has 0 radical (unpaired) electrons. The summed E-state index contributed by atoms with van der Waals surface area (Å²) in [7, 11) is 0. The average molecular weight is 240 g/mol. The molecule has 0 aromatic carbocycles. The number of nitrogens with one attached hydrogen (secondary N) is 1. The number of carbonyl (C=O) groups excluding carboxylic acids is 1. The Bertz CT molecular complexity index is 335. The van der Waals surface area contributed by atoms with E-state index in [1.54, 1.807) is 5.38 Å². The first-order valence-corrected chi connectivity index (χ1v) is 6.45. The lowest BCUT2D eigenvalue weighted by molar-refractivity contribution is 0.0656. The Morgan fingerprint density at radius 2 is 2.62 bits per heavy atom. The van der Waals surface area contributed by atoms with Gasteiger partial charge in [-0.2, -0.15) is 0 Å². The van der Waals surface area contributed by atoms with Crippen LogP contribution in [-0.2, 0) is 0 Å². The summed E-state index contributed by atoms with van der Waals surface area (Å²) < 4.78 is 3.73. The fraction of sp³-hybridized carbons (Fsp3) is 0.700. The van der Waals surface area contributed by atoms with Crippen LogP contribution in [-0.4, -0.2) is 46.1 Å². The monoisotopic (exact) mass is 240 g/mol. The van der Waals surface area contributed by atoms with Crippen molar-refractivity contribution in [2.75, 3.05) is 19.6 Å². The number of piperidine rings is 1. The molecule has 0 spiro atoms. The van der Waals surface area contributed by atoms with Gasteiger partial charge in [-0.05, 0) is 37.8 Å². The molecule has 1 aromatic rings. The quantitative estimate of drug-likeness (QED) is 0.847. The van der Waals surface area contributed by atoms with Gasteiger partial charge in [-0.3, -0.25) is 4.79 Å². The van der Waals surface area contributed by atoms with Gasteiger partial charge in [0.05, 0.1) is 0 Å². The molecule has 1 saturated heterocycles. The van der Waals surface area contributed by atoms with Gasteiger partial charge in [0.1, 0.15) is 0 Å². The van der Waals surface area contributed by atoms with E-state index < -0.39 is 0 Å². The summed E-state index contributed by atoms with van der Waals surface area (Å²) in [5.41, 5.74) is 0.470. The Balaban J connectivity index is 2.06. The molecule has 1 aromatic heterocycles. The van der Waals surface area contributed by atoms with E-state index in [0.717, 1.165) is 32.5 Å². The van der Waals surface area contributed by atoms with Crippen molar-refractivity contribution >= 4 is 17.4 Å². The Morgan fingerprint density at radius 1 is 1.75 bits per heavy atom. The number of amides is 1. The minimum atomic E-state index is 0.00458. The van der Waals surface area contributed by atoms with Crippen LogP contribution < -0.4 is 5.32 Å². The molecule has 0 bridgehead atoms. The molecule has 2 heterocycles. The highest BCUT2D eigenvalue weighted by Crippen LogP contribution is 2.13. The van der Waals surface area contributed by atoms with E-state index in [1.807, 2.05) is 11.8 Å². The van der Waals surface area contributed by atoms with Crippen LogP contribution in [0.1, 0.15) is 30.3 Å². The molecular weight excluding hydrogens is 224 g/mol. The SMILES string of the molecule is CCN(C(=O)c1csnn1)C1CCCNC1. The highest BCUT2D eigenvalue weighted by atomic mass is 32.1. The molecule has 6 heteroatoms. The lowest BCUT2D eigenvalue weighted by Crippen LogP contribution is -2.48. The zero-order valence-electron chi connectivity index (χ0n) is 9.35. The van der Waals surface area contributed by atoms with E-state index in [1.165, 1.54) is 11.5 Å². The van der Waals surface area contributed by atoms with Crippen LogP contribution in [0.2, 0.25) is 0 Å². The lowest BCUT2D eigenvalue weighted by atomic mass is 10.1. The molecule has 0 aliphatic carbocycles. The average Bonchev–Trinajstić information content (AvgIpc) is 2.85. The van der Waals surface area contributed by atoms with Crippen molar-refractivity contribution < 1.29 is 4.79 Å².